The molecule has 0 radical (unpaired) electrons. The van der Waals surface area contributed by atoms with Crippen LogP contribution >= 0.6 is 0 Å². The number of hydrogen-bond donors (Lipinski definition) is 1. The zero-order valence-corrected chi connectivity index (χ0v) is 12.2. The Hall–Kier alpha value is -3.62. The van der Waals surface area contributed by atoms with Crippen molar-refractivity contribution in [2.24, 2.45) is 0 Å². The smallest absolute Gasteiger partial charge is 0.277 e. The van der Waals surface area contributed by atoms with Crippen LogP contribution in [0.5, 0.6) is 0 Å². The Bertz CT molecular complexity index is 787. The van der Waals surface area contributed by atoms with Crippen molar-refractivity contribution in [3.05, 3.63) is 79.9 Å². The van der Waals surface area contributed by atoms with Gasteiger partial charge in [0.1, 0.15) is 0 Å². The second kappa shape index (κ2) is 7.09. The predicted molar refractivity (Wildman–Crippen MR) is 82.9 cm³/mol. The number of benzene rings is 2. The Balaban J connectivity index is 2.16. The Morgan fingerprint density at radius 3 is 1.92 bits per heavy atom. The molecule has 0 aliphatic rings. The first-order valence-corrected chi connectivity index (χ1v) is 6.69. The summed E-state index contributed by atoms with van der Waals surface area (Å²) in [4.78, 5) is 43.8. The summed E-state index contributed by atoms with van der Waals surface area (Å²) < 4.78 is 0. The maximum Gasteiger partial charge on any atom is 0.277 e. The topological polar surface area (TPSA) is 132 Å². The molecule has 2 aromatic rings. The van der Waals surface area contributed by atoms with Crippen LogP contribution in [-0.4, -0.2) is 28.1 Å². The van der Waals surface area contributed by atoms with Crippen LogP contribution in [0.1, 0.15) is 20.7 Å². The first kappa shape index (κ1) is 16.7. The normalized spacial score (nSPS) is 10.0. The van der Waals surface area contributed by atoms with Crippen molar-refractivity contribution >= 4 is 23.1 Å². The number of non-ortho nitro benzene ring substituents is 2. The molecule has 24 heavy (non-hydrogen) atoms. The van der Waals surface area contributed by atoms with Crippen molar-refractivity contribution in [3.63, 3.8) is 0 Å². The van der Waals surface area contributed by atoms with E-state index in [-0.39, 0.29) is 17.9 Å². The van der Waals surface area contributed by atoms with Gasteiger partial charge in [0.25, 0.3) is 17.3 Å². The monoisotopic (exact) mass is 329 g/mol. The Morgan fingerprint density at radius 2 is 1.42 bits per heavy atom. The molecular formula is C15H11N3O6. The maximum absolute atomic E-state index is 12.0. The molecular weight excluding hydrogens is 318 g/mol. The highest BCUT2D eigenvalue weighted by Gasteiger charge is 2.20. The Kier molecular flexibility index (Phi) is 4.95. The van der Waals surface area contributed by atoms with E-state index in [0.29, 0.717) is 5.56 Å². The van der Waals surface area contributed by atoms with Crippen LogP contribution in [0.25, 0.3) is 0 Å². The summed E-state index contributed by atoms with van der Waals surface area (Å²) in [5, 5.41) is 23.9. The summed E-state index contributed by atoms with van der Waals surface area (Å²) in [5.41, 5.74) is -1.04. The molecule has 0 saturated heterocycles. The van der Waals surface area contributed by atoms with Crippen LogP contribution in [-0.2, 0) is 0 Å². The van der Waals surface area contributed by atoms with E-state index in [1.54, 1.807) is 30.3 Å². The van der Waals surface area contributed by atoms with Crippen molar-refractivity contribution in [1.29, 1.82) is 0 Å². The zero-order chi connectivity index (χ0) is 17.7. The van der Waals surface area contributed by atoms with Crippen LogP contribution in [0, 0.1) is 20.2 Å². The highest BCUT2D eigenvalue weighted by atomic mass is 16.6. The van der Waals surface area contributed by atoms with E-state index in [4.69, 9.17) is 0 Å². The summed E-state index contributed by atoms with van der Waals surface area (Å²) in [6.45, 7) is -0.334. The van der Waals surface area contributed by atoms with Gasteiger partial charge in [-0.2, -0.15) is 0 Å². The zero-order valence-electron chi connectivity index (χ0n) is 12.2. The molecule has 0 fully saturated rings. The van der Waals surface area contributed by atoms with Crippen molar-refractivity contribution < 1.29 is 19.4 Å². The number of ketones is 1. The second-order valence-corrected chi connectivity index (χ2v) is 4.72. The fraction of sp³-hybridized carbons (Fsp3) is 0.0667. The third kappa shape index (κ3) is 3.97. The van der Waals surface area contributed by atoms with Crippen LogP contribution in [0.2, 0.25) is 0 Å². The number of carbonyl (C=O) groups is 2. The molecule has 0 atom stereocenters. The molecule has 9 nitrogen and oxygen atoms in total. The van der Waals surface area contributed by atoms with Crippen molar-refractivity contribution in [2.75, 3.05) is 6.54 Å². The van der Waals surface area contributed by atoms with Gasteiger partial charge in [0, 0.05) is 17.7 Å². The third-order valence-electron chi connectivity index (χ3n) is 3.09. The molecule has 1 N–H and O–H groups in total. The molecule has 2 rings (SSSR count). The van der Waals surface area contributed by atoms with Gasteiger partial charge in [0.05, 0.1) is 28.0 Å². The van der Waals surface area contributed by atoms with Gasteiger partial charge in [-0.15, -0.1) is 0 Å². The molecule has 1 amide bonds. The van der Waals surface area contributed by atoms with Gasteiger partial charge in [0.2, 0.25) is 0 Å². The van der Waals surface area contributed by atoms with E-state index >= 15 is 0 Å². The number of nitrogens with zero attached hydrogens (tertiary/aromatic N) is 2. The van der Waals surface area contributed by atoms with Crippen molar-refractivity contribution in [3.8, 4) is 0 Å². The van der Waals surface area contributed by atoms with Crippen molar-refractivity contribution in [2.45, 2.75) is 0 Å². The standard InChI is InChI=1S/C15H11N3O6/c19-14(10-4-2-1-3-5-10)9-16-15(20)11-6-12(17(21)22)8-13(7-11)18(23)24/h1-8H,9H2,(H,16,20). The fourth-order valence-corrected chi connectivity index (χ4v) is 1.93. The van der Waals surface area contributed by atoms with E-state index in [1.807, 2.05) is 0 Å². The van der Waals surface area contributed by atoms with Gasteiger partial charge in [-0.25, -0.2) is 0 Å². The van der Waals surface area contributed by atoms with Crippen LogP contribution < -0.4 is 5.32 Å². The highest BCUT2D eigenvalue weighted by Crippen LogP contribution is 2.22. The molecule has 0 aliphatic heterocycles. The molecule has 0 aliphatic carbocycles. The van der Waals surface area contributed by atoms with Gasteiger partial charge >= 0.3 is 0 Å². The van der Waals surface area contributed by atoms with Crippen LogP contribution in [0.4, 0.5) is 11.4 Å². The van der Waals surface area contributed by atoms with Crippen molar-refractivity contribution in [1.82, 2.24) is 5.32 Å². The molecule has 0 aromatic heterocycles. The lowest BCUT2D eigenvalue weighted by atomic mass is 10.1. The Labute approximate surface area is 135 Å². The molecule has 122 valence electrons. The first-order valence-electron chi connectivity index (χ1n) is 6.69. The quantitative estimate of drug-likeness (QED) is 0.490. The van der Waals surface area contributed by atoms with Gasteiger partial charge < -0.3 is 5.32 Å². The average Bonchev–Trinajstić information content (AvgIpc) is 2.59. The molecule has 0 bridgehead atoms. The minimum atomic E-state index is -0.834. The lowest BCUT2D eigenvalue weighted by molar-refractivity contribution is -0.394. The summed E-state index contributed by atoms with van der Waals surface area (Å²) in [6.07, 6.45) is 0. The molecule has 0 unspecified atom stereocenters. The number of rotatable bonds is 6. The van der Waals surface area contributed by atoms with E-state index in [9.17, 15) is 29.8 Å². The van der Waals surface area contributed by atoms with Crippen LogP contribution in [0.3, 0.4) is 0 Å². The number of nitro benzene ring substituents is 2. The molecule has 0 heterocycles. The third-order valence-corrected chi connectivity index (χ3v) is 3.09. The van der Waals surface area contributed by atoms with E-state index in [2.05, 4.69) is 5.32 Å². The fourth-order valence-electron chi connectivity index (χ4n) is 1.93. The highest BCUT2D eigenvalue weighted by molar-refractivity contribution is 6.02. The number of nitro groups is 2. The van der Waals surface area contributed by atoms with E-state index in [1.165, 1.54) is 0 Å². The predicted octanol–water partition coefficient (Wildman–Crippen LogP) is 2.12. The molecule has 0 spiro atoms. The molecule has 0 saturated carbocycles. The van der Waals surface area contributed by atoms with E-state index < -0.39 is 27.1 Å². The molecule has 2 aromatic carbocycles. The van der Waals surface area contributed by atoms with Gasteiger partial charge in [0.15, 0.2) is 5.78 Å². The summed E-state index contributed by atoms with van der Waals surface area (Å²) in [5.74, 6) is -1.17. The SMILES string of the molecule is O=C(CNC(=O)c1cc([N+](=O)[O-])cc([N+](=O)[O-])c1)c1ccccc1. The minimum absolute atomic E-state index is 0.267. The summed E-state index contributed by atoms with van der Waals surface area (Å²) in [6, 6.07) is 10.8. The van der Waals surface area contributed by atoms with Gasteiger partial charge in [-0.3, -0.25) is 29.8 Å². The summed E-state index contributed by atoms with van der Waals surface area (Å²) >= 11 is 0. The van der Waals surface area contributed by atoms with Crippen LogP contribution in [0.15, 0.2) is 48.5 Å². The minimum Gasteiger partial charge on any atom is -0.345 e. The molecule has 9 heteroatoms. The lowest BCUT2D eigenvalue weighted by Gasteiger charge is -2.05. The van der Waals surface area contributed by atoms with Gasteiger partial charge in [-0.05, 0) is 0 Å². The number of amides is 1. The van der Waals surface area contributed by atoms with Gasteiger partial charge in [-0.1, -0.05) is 30.3 Å². The lowest BCUT2D eigenvalue weighted by Crippen LogP contribution is -2.29. The summed E-state index contributed by atoms with van der Waals surface area (Å²) in [7, 11) is 0. The maximum atomic E-state index is 12.0. The number of hydrogen-bond acceptors (Lipinski definition) is 6. The number of carbonyl (C=O) groups excluding carboxylic acids is 2. The first-order chi connectivity index (χ1) is 11.4. The average molecular weight is 329 g/mol. The Morgan fingerprint density at radius 1 is 0.875 bits per heavy atom. The van der Waals surface area contributed by atoms with E-state index in [0.717, 1.165) is 18.2 Å². The number of Topliss-reactive ketones (excluding diaryl/α,β-unsaturated/α-hetero) is 1. The largest absolute Gasteiger partial charge is 0.345 e. The second-order valence-electron chi connectivity index (χ2n) is 4.72. The number of nitrogens with one attached hydrogen (secondary N) is 1.